The molecule has 0 aliphatic carbocycles. The minimum absolute atomic E-state index is 0.549. The van der Waals surface area contributed by atoms with Gasteiger partial charge in [0.25, 0.3) is 4.84 Å². The van der Waals surface area contributed by atoms with Crippen molar-refractivity contribution in [1.82, 2.24) is 9.47 Å². The Bertz CT molecular complexity index is 525. The fourth-order valence-corrected chi connectivity index (χ4v) is 2.02. The Hall–Kier alpha value is -1.13. The topological polar surface area (TPSA) is 21.3 Å². The van der Waals surface area contributed by atoms with E-state index < -0.39 is 0 Å². The molecule has 0 aliphatic rings. The first-order chi connectivity index (χ1) is 7.76. The van der Waals surface area contributed by atoms with Gasteiger partial charge in [-0.25, -0.2) is 0 Å². The third-order valence-electron chi connectivity index (χ3n) is 2.81. The van der Waals surface area contributed by atoms with Crippen molar-refractivity contribution in [2.75, 3.05) is 13.1 Å². The highest BCUT2D eigenvalue weighted by atomic mass is 32.1. The van der Waals surface area contributed by atoms with Gasteiger partial charge in [-0.3, -0.25) is 9.47 Å². The summed E-state index contributed by atoms with van der Waals surface area (Å²) in [7, 11) is 0. The predicted octanol–water partition coefficient (Wildman–Crippen LogP) is 3.26. The molecule has 3 nitrogen and oxygen atoms in total. The van der Waals surface area contributed by atoms with Crippen LogP contribution < -0.4 is 0 Å². The molecule has 0 N–H and O–H groups in total. The summed E-state index contributed by atoms with van der Waals surface area (Å²) in [6.07, 6.45) is 0. The number of oxazole rings is 1. The first-order valence-corrected chi connectivity index (χ1v) is 5.97. The molecule has 0 unspecified atom stereocenters. The van der Waals surface area contributed by atoms with Gasteiger partial charge in [-0.2, -0.15) is 0 Å². The molecular weight excluding hydrogens is 220 g/mol. The molecule has 1 aromatic carbocycles. The van der Waals surface area contributed by atoms with Gasteiger partial charge in [-0.1, -0.05) is 26.0 Å². The van der Waals surface area contributed by atoms with Crippen LogP contribution in [0.5, 0.6) is 0 Å². The first-order valence-electron chi connectivity index (χ1n) is 5.57. The van der Waals surface area contributed by atoms with Crippen LogP contribution in [-0.4, -0.2) is 22.6 Å². The summed E-state index contributed by atoms with van der Waals surface area (Å²) < 4.78 is 7.58. The Morgan fingerprint density at radius 3 is 2.62 bits per heavy atom. The lowest BCUT2D eigenvalue weighted by Gasteiger charge is -2.18. The van der Waals surface area contributed by atoms with Crippen LogP contribution in [0.15, 0.2) is 28.7 Å². The van der Waals surface area contributed by atoms with Crippen LogP contribution in [0.1, 0.15) is 13.8 Å². The van der Waals surface area contributed by atoms with Crippen molar-refractivity contribution in [3.8, 4) is 0 Å². The van der Waals surface area contributed by atoms with Gasteiger partial charge in [0.2, 0.25) is 0 Å². The Morgan fingerprint density at radius 1 is 1.25 bits per heavy atom. The molecular formula is C12H16N2OS. The normalized spacial score (nSPS) is 11.4. The molecule has 16 heavy (non-hydrogen) atoms. The van der Waals surface area contributed by atoms with Gasteiger partial charge in [0.1, 0.15) is 0 Å². The first kappa shape index (κ1) is 11.4. The summed E-state index contributed by atoms with van der Waals surface area (Å²) in [5.41, 5.74) is 1.93. The maximum absolute atomic E-state index is 5.54. The average molecular weight is 236 g/mol. The van der Waals surface area contributed by atoms with E-state index >= 15 is 0 Å². The standard InChI is InChI=1S/C12H16N2OS/c1-3-13(4-2)9-14-10-7-5-6-8-11(10)15-12(14)16/h5-8H,3-4,9H2,1-2H3. The van der Waals surface area contributed by atoms with Crippen molar-refractivity contribution in [1.29, 1.82) is 0 Å². The summed E-state index contributed by atoms with van der Waals surface area (Å²) in [5, 5.41) is 0. The van der Waals surface area contributed by atoms with Crippen LogP contribution in [0.4, 0.5) is 0 Å². The molecule has 0 saturated carbocycles. The number of rotatable bonds is 4. The zero-order valence-corrected chi connectivity index (χ0v) is 10.5. The Kier molecular flexibility index (Phi) is 3.41. The van der Waals surface area contributed by atoms with Crippen molar-refractivity contribution < 1.29 is 4.42 Å². The molecule has 2 rings (SSSR count). The van der Waals surface area contributed by atoms with Crippen LogP contribution in [0, 0.1) is 4.84 Å². The van der Waals surface area contributed by atoms with Gasteiger partial charge >= 0.3 is 0 Å². The molecule has 86 valence electrons. The van der Waals surface area contributed by atoms with E-state index in [0.29, 0.717) is 4.84 Å². The molecule has 0 saturated heterocycles. The molecule has 0 fully saturated rings. The SMILES string of the molecule is CCN(CC)Cn1c(=S)oc2ccccc21. The molecule has 2 aromatic rings. The summed E-state index contributed by atoms with van der Waals surface area (Å²) in [6, 6.07) is 7.95. The maximum Gasteiger partial charge on any atom is 0.270 e. The highest BCUT2D eigenvalue weighted by Gasteiger charge is 2.08. The lowest BCUT2D eigenvalue weighted by molar-refractivity contribution is 0.239. The van der Waals surface area contributed by atoms with Crippen LogP contribution in [0.2, 0.25) is 0 Å². The lowest BCUT2D eigenvalue weighted by atomic mass is 10.3. The molecule has 0 aliphatic heterocycles. The van der Waals surface area contributed by atoms with Crippen LogP contribution >= 0.6 is 12.2 Å². The lowest BCUT2D eigenvalue weighted by Crippen LogP contribution is -2.25. The van der Waals surface area contributed by atoms with Crippen molar-refractivity contribution >= 4 is 23.3 Å². The van der Waals surface area contributed by atoms with Crippen molar-refractivity contribution in [2.24, 2.45) is 0 Å². The summed E-state index contributed by atoms with van der Waals surface area (Å²) >= 11 is 5.24. The number of para-hydroxylation sites is 2. The van der Waals surface area contributed by atoms with Crippen LogP contribution in [0.3, 0.4) is 0 Å². The van der Waals surface area contributed by atoms with Crippen molar-refractivity contribution in [3.05, 3.63) is 29.1 Å². The monoisotopic (exact) mass is 236 g/mol. The van der Waals surface area contributed by atoms with Crippen molar-refractivity contribution in [3.63, 3.8) is 0 Å². The average Bonchev–Trinajstić information content (AvgIpc) is 2.62. The Morgan fingerprint density at radius 2 is 1.94 bits per heavy atom. The van der Waals surface area contributed by atoms with Gasteiger partial charge in [-0.15, -0.1) is 0 Å². The van der Waals surface area contributed by atoms with Gasteiger partial charge in [0.05, 0.1) is 12.2 Å². The summed E-state index contributed by atoms with van der Waals surface area (Å²) in [6.45, 7) is 7.11. The van der Waals surface area contributed by atoms with E-state index in [9.17, 15) is 0 Å². The fourth-order valence-electron chi connectivity index (χ4n) is 1.77. The molecule has 4 heteroatoms. The minimum Gasteiger partial charge on any atom is -0.429 e. The second-order valence-electron chi connectivity index (χ2n) is 3.71. The van der Waals surface area contributed by atoms with E-state index in [1.54, 1.807) is 0 Å². The van der Waals surface area contributed by atoms with Crippen LogP contribution in [0.25, 0.3) is 11.1 Å². The smallest absolute Gasteiger partial charge is 0.270 e. The zero-order valence-electron chi connectivity index (χ0n) is 9.64. The zero-order chi connectivity index (χ0) is 11.5. The predicted molar refractivity (Wildman–Crippen MR) is 68.0 cm³/mol. The van der Waals surface area contributed by atoms with E-state index in [1.807, 2.05) is 28.8 Å². The number of hydrogen-bond donors (Lipinski definition) is 0. The maximum atomic E-state index is 5.54. The number of hydrogen-bond acceptors (Lipinski definition) is 3. The number of benzene rings is 1. The summed E-state index contributed by atoms with van der Waals surface area (Å²) in [5.74, 6) is 0. The highest BCUT2D eigenvalue weighted by molar-refractivity contribution is 7.71. The van der Waals surface area contributed by atoms with Gasteiger partial charge < -0.3 is 4.42 Å². The van der Waals surface area contributed by atoms with Crippen molar-refractivity contribution in [2.45, 2.75) is 20.5 Å². The van der Waals surface area contributed by atoms with E-state index in [2.05, 4.69) is 18.7 Å². The number of fused-ring (bicyclic) bond motifs is 1. The molecule has 0 amide bonds. The molecule has 1 heterocycles. The molecule has 1 aromatic heterocycles. The second-order valence-corrected chi connectivity index (χ2v) is 4.06. The van der Waals surface area contributed by atoms with E-state index in [0.717, 1.165) is 30.9 Å². The Balaban J connectivity index is 2.43. The number of nitrogens with zero attached hydrogens (tertiary/aromatic N) is 2. The largest absolute Gasteiger partial charge is 0.429 e. The Labute approximate surface area is 100 Å². The molecule has 0 spiro atoms. The third kappa shape index (κ3) is 2.03. The van der Waals surface area contributed by atoms with E-state index in [-0.39, 0.29) is 0 Å². The third-order valence-corrected chi connectivity index (χ3v) is 3.11. The van der Waals surface area contributed by atoms with Gasteiger partial charge in [0, 0.05) is 0 Å². The number of aromatic nitrogens is 1. The quantitative estimate of drug-likeness (QED) is 0.760. The van der Waals surface area contributed by atoms with E-state index in [1.165, 1.54) is 0 Å². The van der Waals surface area contributed by atoms with Gasteiger partial charge in [-0.05, 0) is 37.4 Å². The molecule has 0 bridgehead atoms. The second kappa shape index (κ2) is 4.80. The molecule has 0 radical (unpaired) electrons. The molecule has 0 atom stereocenters. The van der Waals surface area contributed by atoms with Crippen LogP contribution in [-0.2, 0) is 6.67 Å². The minimum atomic E-state index is 0.549. The summed E-state index contributed by atoms with van der Waals surface area (Å²) in [4.78, 5) is 2.85. The van der Waals surface area contributed by atoms with Gasteiger partial charge in [0.15, 0.2) is 5.58 Å². The van der Waals surface area contributed by atoms with E-state index in [4.69, 9.17) is 16.6 Å². The fraction of sp³-hybridized carbons (Fsp3) is 0.417. The highest BCUT2D eigenvalue weighted by Crippen LogP contribution is 2.17.